The largest absolute Gasteiger partial charge is 0.463 e. The van der Waals surface area contributed by atoms with E-state index >= 15 is 0 Å². The molecule has 11 heteroatoms. The second kappa shape index (κ2) is 7.96. The van der Waals surface area contributed by atoms with Crippen molar-refractivity contribution in [3.63, 3.8) is 0 Å². The second-order valence-corrected chi connectivity index (χ2v) is 11.2. The van der Waals surface area contributed by atoms with Crippen molar-refractivity contribution in [3.8, 4) is 0 Å². The van der Waals surface area contributed by atoms with Gasteiger partial charge in [-0.1, -0.05) is 0 Å². The van der Waals surface area contributed by atoms with E-state index in [0.29, 0.717) is 32.5 Å². The van der Waals surface area contributed by atoms with Gasteiger partial charge in [-0.2, -0.15) is 9.48 Å². The van der Waals surface area contributed by atoms with E-state index in [1.54, 1.807) is 0 Å². The van der Waals surface area contributed by atoms with Gasteiger partial charge in [-0.25, -0.2) is 4.79 Å². The van der Waals surface area contributed by atoms with Crippen molar-refractivity contribution in [3.05, 3.63) is 10.1 Å². The van der Waals surface area contributed by atoms with Gasteiger partial charge in [-0.05, 0) is 25.7 Å². The number of quaternary nitrogens is 1. The minimum atomic E-state index is -0.741. The van der Waals surface area contributed by atoms with Crippen LogP contribution in [0.15, 0.2) is 4.99 Å². The van der Waals surface area contributed by atoms with E-state index in [9.17, 15) is 19.7 Å². The maximum absolute atomic E-state index is 13.4. The zero-order chi connectivity index (χ0) is 23.8. The molecule has 5 fully saturated rings. The molecule has 186 valence electrons. The van der Waals surface area contributed by atoms with Gasteiger partial charge in [0.2, 0.25) is 5.91 Å². The van der Waals surface area contributed by atoms with Gasteiger partial charge >= 0.3 is 5.97 Å². The maximum atomic E-state index is 13.4. The summed E-state index contributed by atoms with van der Waals surface area (Å²) in [7, 11) is 3.45. The summed E-state index contributed by atoms with van der Waals surface area (Å²) in [6.07, 6.45) is 3.54. The van der Waals surface area contributed by atoms with Gasteiger partial charge in [-0.15, -0.1) is 0 Å². The number of hydrogen-bond donors (Lipinski definition) is 0. The Labute approximate surface area is 198 Å². The highest BCUT2D eigenvalue weighted by atomic mass is 16.7. The monoisotopic (exact) mass is 477 g/mol. The Hall–Kier alpha value is -2.11. The molecule has 0 aromatic heterocycles. The number of amides is 1. The quantitative estimate of drug-likeness (QED) is 0.249. The molecule has 0 spiro atoms. The van der Waals surface area contributed by atoms with Crippen LogP contribution in [-0.2, 0) is 23.9 Å². The van der Waals surface area contributed by atoms with Crippen molar-refractivity contribution in [1.82, 2.24) is 4.90 Å². The standard InChI is InChI=1S/C23H33N4O7/c1-27(34-13-3-4-13)6-5-17-15(19(10-27)26(30)31)7-12-9-25-18(20(12)24-17)8-14-16(22(25)28)11-33-23(29)21(14)32-2/h12-19,21H,3-11H2,1-2H3/q+1. The number of ether oxygens (including phenoxy) is 2. The minimum Gasteiger partial charge on any atom is -0.463 e. The van der Waals surface area contributed by atoms with E-state index in [4.69, 9.17) is 19.3 Å². The summed E-state index contributed by atoms with van der Waals surface area (Å²) in [5, 5.41) is 12.2. The molecule has 5 aliphatic heterocycles. The number of cyclic esters (lactones) is 1. The summed E-state index contributed by atoms with van der Waals surface area (Å²) in [5.41, 5.74) is 0.989. The van der Waals surface area contributed by atoms with Crippen LogP contribution in [0.3, 0.4) is 0 Å². The molecule has 0 radical (unpaired) electrons. The minimum absolute atomic E-state index is 0.0130. The molecule has 1 aliphatic carbocycles. The lowest BCUT2D eigenvalue weighted by atomic mass is 9.74. The van der Waals surface area contributed by atoms with Crippen LogP contribution in [0.2, 0.25) is 0 Å². The van der Waals surface area contributed by atoms with Crippen LogP contribution in [0.1, 0.15) is 32.1 Å². The van der Waals surface area contributed by atoms with E-state index in [2.05, 4.69) is 0 Å². The summed E-state index contributed by atoms with van der Waals surface area (Å²) in [4.78, 5) is 50.9. The lowest BCUT2D eigenvalue weighted by molar-refractivity contribution is -1.10. The van der Waals surface area contributed by atoms with E-state index < -0.39 is 24.0 Å². The Morgan fingerprint density at radius 2 is 2.00 bits per heavy atom. The van der Waals surface area contributed by atoms with Gasteiger partial charge in [-0.3, -0.25) is 19.9 Å². The molecule has 4 saturated heterocycles. The van der Waals surface area contributed by atoms with Gasteiger partial charge in [0.05, 0.1) is 31.0 Å². The number of carbonyl (C=O) groups excluding carboxylic acids is 2. The molecular weight excluding hydrogens is 444 g/mol. The highest BCUT2D eigenvalue weighted by Crippen LogP contribution is 2.45. The summed E-state index contributed by atoms with van der Waals surface area (Å²) < 4.78 is 10.9. The molecule has 1 saturated carbocycles. The van der Waals surface area contributed by atoms with Crippen LogP contribution in [0.25, 0.3) is 0 Å². The number of carbonyl (C=O) groups is 2. The van der Waals surface area contributed by atoms with Crippen LogP contribution >= 0.6 is 0 Å². The van der Waals surface area contributed by atoms with Crippen molar-refractivity contribution in [1.29, 1.82) is 0 Å². The molecule has 34 heavy (non-hydrogen) atoms. The zero-order valence-corrected chi connectivity index (χ0v) is 19.7. The third kappa shape index (κ3) is 3.54. The molecule has 0 N–H and O–H groups in total. The lowest BCUT2D eigenvalue weighted by Gasteiger charge is -2.44. The Kier molecular flexibility index (Phi) is 5.23. The smallest absolute Gasteiger partial charge is 0.335 e. The fraction of sp³-hybridized carbons (Fsp3) is 0.870. The number of fused-ring (bicyclic) bond motifs is 5. The predicted octanol–water partition coefficient (Wildman–Crippen LogP) is 0.440. The molecule has 9 atom stereocenters. The number of likely N-dealkylation sites (tertiary alicyclic amines) is 1. The van der Waals surface area contributed by atoms with Gasteiger partial charge < -0.3 is 14.4 Å². The molecule has 9 unspecified atom stereocenters. The Bertz CT molecular complexity index is 938. The van der Waals surface area contributed by atoms with Crippen LogP contribution in [0.4, 0.5) is 0 Å². The van der Waals surface area contributed by atoms with Crippen molar-refractivity contribution in [2.75, 3.05) is 40.4 Å². The third-order valence-corrected chi connectivity index (χ3v) is 8.98. The number of aliphatic imine (C=N–C) groups is 1. The number of hydrogen-bond acceptors (Lipinski definition) is 8. The lowest BCUT2D eigenvalue weighted by Crippen LogP contribution is -2.58. The molecular formula is C23H33N4O7+. The fourth-order valence-electron chi connectivity index (χ4n) is 7.16. The number of esters is 1. The number of rotatable bonds is 4. The van der Waals surface area contributed by atoms with Gasteiger partial charge in [0.1, 0.15) is 19.3 Å². The first-order chi connectivity index (χ1) is 16.3. The summed E-state index contributed by atoms with van der Waals surface area (Å²) in [6, 6.07) is -1.03. The summed E-state index contributed by atoms with van der Waals surface area (Å²) in [6.45, 7) is 1.68. The Morgan fingerprint density at radius 1 is 1.21 bits per heavy atom. The third-order valence-electron chi connectivity index (χ3n) is 8.98. The highest BCUT2D eigenvalue weighted by molar-refractivity contribution is 6.00. The first-order valence-electron chi connectivity index (χ1n) is 12.5. The number of methoxy groups -OCH3 is 1. The van der Waals surface area contributed by atoms with E-state index in [1.165, 1.54) is 7.11 Å². The molecule has 0 bridgehead atoms. The van der Waals surface area contributed by atoms with Crippen LogP contribution in [-0.4, -0.2) is 103 Å². The van der Waals surface area contributed by atoms with Crippen molar-refractivity contribution in [2.45, 2.75) is 62.4 Å². The van der Waals surface area contributed by atoms with Crippen molar-refractivity contribution in [2.24, 2.45) is 28.7 Å². The number of nitrogens with zero attached hydrogens (tertiary/aromatic N) is 4. The second-order valence-electron chi connectivity index (χ2n) is 11.2. The van der Waals surface area contributed by atoms with E-state index in [-0.39, 0.29) is 58.0 Å². The molecule has 5 heterocycles. The fourth-order valence-corrected chi connectivity index (χ4v) is 7.16. The molecule has 11 nitrogen and oxygen atoms in total. The normalized spacial score (nSPS) is 45.8. The first kappa shape index (κ1) is 22.4. The first-order valence-corrected chi connectivity index (χ1v) is 12.5. The molecule has 6 rings (SSSR count). The number of piperidine rings is 1. The van der Waals surface area contributed by atoms with Crippen molar-refractivity contribution >= 4 is 17.6 Å². The summed E-state index contributed by atoms with van der Waals surface area (Å²) >= 11 is 0. The van der Waals surface area contributed by atoms with Crippen LogP contribution in [0.5, 0.6) is 0 Å². The van der Waals surface area contributed by atoms with Gasteiger partial charge in [0.15, 0.2) is 12.6 Å². The van der Waals surface area contributed by atoms with E-state index in [1.807, 2.05) is 11.9 Å². The molecule has 0 aromatic rings. The van der Waals surface area contributed by atoms with Crippen LogP contribution < -0.4 is 0 Å². The summed E-state index contributed by atoms with van der Waals surface area (Å²) in [5.74, 6) is -1.18. The molecule has 0 aromatic carbocycles. The molecule has 1 amide bonds. The molecule has 6 aliphatic rings. The number of hydroxylamine groups is 3. The number of likely N-dealkylation sites (N-methyl/N-ethyl adjacent to an activating group) is 1. The van der Waals surface area contributed by atoms with Gasteiger partial charge in [0.25, 0.3) is 6.04 Å². The van der Waals surface area contributed by atoms with Gasteiger partial charge in [0, 0.05) is 42.5 Å². The topological polar surface area (TPSA) is 121 Å². The van der Waals surface area contributed by atoms with Crippen LogP contribution in [0, 0.1) is 33.8 Å². The Balaban J connectivity index is 1.29. The average molecular weight is 478 g/mol. The predicted molar refractivity (Wildman–Crippen MR) is 117 cm³/mol. The zero-order valence-electron chi connectivity index (χ0n) is 19.7. The highest BCUT2D eigenvalue weighted by Gasteiger charge is 2.59. The number of nitro groups is 1. The average Bonchev–Trinajstić information content (AvgIpc) is 3.56. The van der Waals surface area contributed by atoms with E-state index in [0.717, 1.165) is 25.0 Å². The Morgan fingerprint density at radius 3 is 2.71 bits per heavy atom. The maximum Gasteiger partial charge on any atom is 0.335 e. The SMILES string of the molecule is COC1C(=O)OCC2C(=O)N3CC4CC5C(CC[N+](C)(OC6CC6)CC5[N+](=O)[O-])N=C4C3CC21. The van der Waals surface area contributed by atoms with Crippen molar-refractivity contribution < 1.29 is 33.5 Å².